The smallest absolute Gasteiger partial charge is 0.230 e. The zero-order chi connectivity index (χ0) is 14.4. The molecule has 0 aromatic heterocycles. The molecule has 0 unspecified atom stereocenters. The number of halogens is 1. The van der Waals surface area contributed by atoms with Crippen molar-refractivity contribution in [2.75, 3.05) is 18.9 Å². The van der Waals surface area contributed by atoms with Gasteiger partial charge in [0.15, 0.2) is 0 Å². The highest BCUT2D eigenvalue weighted by Crippen LogP contribution is 2.36. The van der Waals surface area contributed by atoms with Crippen LogP contribution in [0.15, 0.2) is 29.2 Å². The zero-order valence-corrected chi connectivity index (χ0v) is 13.0. The third-order valence-electron chi connectivity index (χ3n) is 3.84. The lowest BCUT2D eigenvalue weighted by Crippen LogP contribution is -2.39. The Morgan fingerprint density at radius 3 is 2.55 bits per heavy atom. The molecule has 0 bridgehead atoms. The second kappa shape index (κ2) is 7.34. The van der Waals surface area contributed by atoms with Gasteiger partial charge in [-0.15, -0.1) is 11.8 Å². The molecule has 0 radical (unpaired) electrons. The number of rotatable bonds is 6. The van der Waals surface area contributed by atoms with Gasteiger partial charge in [-0.3, -0.25) is 4.79 Å². The van der Waals surface area contributed by atoms with E-state index in [0.717, 1.165) is 30.6 Å². The number of benzene rings is 1. The molecule has 1 amide bonds. The van der Waals surface area contributed by atoms with Crippen LogP contribution in [0.1, 0.15) is 25.7 Å². The van der Waals surface area contributed by atoms with Crippen molar-refractivity contribution < 1.29 is 9.90 Å². The third kappa shape index (κ3) is 4.40. The van der Waals surface area contributed by atoms with Gasteiger partial charge in [0.2, 0.25) is 5.91 Å². The Balaban J connectivity index is 1.74. The van der Waals surface area contributed by atoms with Gasteiger partial charge in [0, 0.05) is 21.9 Å². The summed E-state index contributed by atoms with van der Waals surface area (Å²) in [6.45, 7) is 0.751. The van der Waals surface area contributed by atoms with Gasteiger partial charge in [0.25, 0.3) is 0 Å². The van der Waals surface area contributed by atoms with Crippen LogP contribution in [-0.4, -0.2) is 29.9 Å². The molecule has 2 rings (SSSR count). The summed E-state index contributed by atoms with van der Waals surface area (Å²) in [5, 5.41) is 13.1. The van der Waals surface area contributed by atoms with Gasteiger partial charge in [-0.1, -0.05) is 24.4 Å². The molecule has 1 aliphatic carbocycles. The van der Waals surface area contributed by atoms with E-state index < -0.39 is 0 Å². The number of aliphatic hydroxyl groups excluding tert-OH is 1. The molecular weight excluding hydrogens is 294 g/mol. The Morgan fingerprint density at radius 2 is 1.95 bits per heavy atom. The summed E-state index contributed by atoms with van der Waals surface area (Å²) in [6, 6.07) is 7.46. The molecule has 110 valence electrons. The van der Waals surface area contributed by atoms with E-state index >= 15 is 0 Å². The van der Waals surface area contributed by atoms with Gasteiger partial charge in [-0.25, -0.2) is 0 Å². The van der Waals surface area contributed by atoms with Crippen molar-refractivity contribution in [3.8, 4) is 0 Å². The lowest BCUT2D eigenvalue weighted by molar-refractivity contribution is -0.119. The first-order valence-corrected chi connectivity index (χ1v) is 8.26. The molecule has 20 heavy (non-hydrogen) atoms. The summed E-state index contributed by atoms with van der Waals surface area (Å²) in [5.74, 6) is 0.410. The maximum absolute atomic E-state index is 11.9. The van der Waals surface area contributed by atoms with Crippen molar-refractivity contribution in [2.24, 2.45) is 5.41 Å². The second-order valence-electron chi connectivity index (χ2n) is 5.38. The number of hydrogen-bond donors (Lipinski definition) is 2. The summed E-state index contributed by atoms with van der Waals surface area (Å²) in [5.41, 5.74) is -0.0827. The van der Waals surface area contributed by atoms with E-state index in [1.807, 2.05) is 24.3 Å². The molecule has 1 aromatic carbocycles. The fraction of sp³-hybridized carbons (Fsp3) is 0.533. The Kier molecular flexibility index (Phi) is 5.75. The van der Waals surface area contributed by atoms with E-state index in [2.05, 4.69) is 5.32 Å². The molecule has 3 nitrogen and oxygen atoms in total. The highest BCUT2D eigenvalue weighted by molar-refractivity contribution is 8.00. The average molecular weight is 314 g/mol. The number of amides is 1. The number of aliphatic hydroxyl groups is 1. The van der Waals surface area contributed by atoms with Crippen LogP contribution in [0, 0.1) is 5.41 Å². The molecule has 0 atom stereocenters. The molecule has 0 aliphatic heterocycles. The van der Waals surface area contributed by atoms with Crippen molar-refractivity contribution in [3.63, 3.8) is 0 Å². The first kappa shape index (κ1) is 15.7. The largest absolute Gasteiger partial charge is 0.396 e. The Bertz CT molecular complexity index is 444. The van der Waals surface area contributed by atoms with Gasteiger partial charge in [0.1, 0.15) is 0 Å². The quantitative estimate of drug-likeness (QED) is 0.793. The lowest BCUT2D eigenvalue weighted by Gasteiger charge is -2.26. The highest BCUT2D eigenvalue weighted by atomic mass is 35.5. The van der Waals surface area contributed by atoms with Crippen LogP contribution in [0.2, 0.25) is 5.02 Å². The van der Waals surface area contributed by atoms with Crippen LogP contribution in [0.4, 0.5) is 0 Å². The SMILES string of the molecule is O=C(CSc1ccc(Cl)cc1)NCC1(CO)CCCC1. The minimum atomic E-state index is -0.0827. The number of hydrogen-bond acceptors (Lipinski definition) is 3. The molecule has 5 heteroatoms. The molecule has 0 spiro atoms. The van der Waals surface area contributed by atoms with Gasteiger partial charge >= 0.3 is 0 Å². The van der Waals surface area contributed by atoms with E-state index in [4.69, 9.17) is 11.6 Å². The second-order valence-corrected chi connectivity index (χ2v) is 6.87. The monoisotopic (exact) mass is 313 g/mol. The number of nitrogens with one attached hydrogen (secondary N) is 1. The normalized spacial score (nSPS) is 17.1. The minimum absolute atomic E-state index is 0.0182. The van der Waals surface area contributed by atoms with Crippen LogP contribution >= 0.6 is 23.4 Å². The minimum Gasteiger partial charge on any atom is -0.396 e. The molecule has 0 saturated heterocycles. The van der Waals surface area contributed by atoms with E-state index in [1.54, 1.807) is 0 Å². The predicted molar refractivity (Wildman–Crippen MR) is 83.2 cm³/mol. The first-order valence-electron chi connectivity index (χ1n) is 6.89. The van der Waals surface area contributed by atoms with Gasteiger partial charge in [-0.05, 0) is 37.1 Å². The van der Waals surface area contributed by atoms with Crippen molar-refractivity contribution in [2.45, 2.75) is 30.6 Å². The first-order chi connectivity index (χ1) is 9.63. The Hall–Kier alpha value is -0.710. The van der Waals surface area contributed by atoms with E-state index in [0.29, 0.717) is 17.3 Å². The van der Waals surface area contributed by atoms with Crippen LogP contribution in [0.5, 0.6) is 0 Å². The van der Waals surface area contributed by atoms with Crippen molar-refractivity contribution in [1.82, 2.24) is 5.32 Å². The summed E-state index contributed by atoms with van der Waals surface area (Å²) < 4.78 is 0. The molecule has 1 saturated carbocycles. The average Bonchev–Trinajstić information content (AvgIpc) is 2.94. The lowest BCUT2D eigenvalue weighted by atomic mass is 9.87. The van der Waals surface area contributed by atoms with Crippen LogP contribution in [-0.2, 0) is 4.79 Å². The summed E-state index contributed by atoms with van der Waals surface area (Å²) in [4.78, 5) is 12.9. The predicted octanol–water partition coefficient (Wildman–Crippen LogP) is 3.10. The highest BCUT2D eigenvalue weighted by Gasteiger charge is 2.33. The molecule has 1 aliphatic rings. The van der Waals surface area contributed by atoms with Gasteiger partial charge in [-0.2, -0.15) is 0 Å². The number of thioether (sulfide) groups is 1. The zero-order valence-electron chi connectivity index (χ0n) is 11.4. The standard InChI is InChI=1S/C15H20ClNO2S/c16-12-3-5-13(6-4-12)20-9-14(19)17-10-15(11-18)7-1-2-8-15/h3-6,18H,1-2,7-11H2,(H,17,19). The molecule has 0 heterocycles. The van der Waals surface area contributed by atoms with E-state index in [9.17, 15) is 9.90 Å². The molecule has 1 aromatic rings. The van der Waals surface area contributed by atoms with Crippen LogP contribution in [0.3, 0.4) is 0 Å². The van der Waals surface area contributed by atoms with Crippen molar-refractivity contribution in [1.29, 1.82) is 0 Å². The molecular formula is C15H20ClNO2S. The Labute approximate surface area is 129 Å². The summed E-state index contributed by atoms with van der Waals surface area (Å²) >= 11 is 7.31. The van der Waals surface area contributed by atoms with Gasteiger partial charge < -0.3 is 10.4 Å². The van der Waals surface area contributed by atoms with Gasteiger partial charge in [0.05, 0.1) is 12.4 Å². The van der Waals surface area contributed by atoms with E-state index in [-0.39, 0.29) is 17.9 Å². The van der Waals surface area contributed by atoms with Crippen molar-refractivity contribution >= 4 is 29.3 Å². The summed E-state index contributed by atoms with van der Waals surface area (Å²) in [6.07, 6.45) is 4.31. The Morgan fingerprint density at radius 1 is 1.30 bits per heavy atom. The number of carbonyl (C=O) groups excluding carboxylic acids is 1. The maximum Gasteiger partial charge on any atom is 0.230 e. The van der Waals surface area contributed by atoms with Crippen LogP contribution in [0.25, 0.3) is 0 Å². The molecule has 1 fully saturated rings. The van der Waals surface area contributed by atoms with E-state index in [1.165, 1.54) is 11.8 Å². The molecule has 2 N–H and O–H groups in total. The fourth-order valence-electron chi connectivity index (χ4n) is 2.53. The topological polar surface area (TPSA) is 49.3 Å². The number of carbonyl (C=O) groups is 1. The summed E-state index contributed by atoms with van der Waals surface area (Å²) in [7, 11) is 0. The fourth-order valence-corrected chi connectivity index (χ4v) is 3.39. The van der Waals surface area contributed by atoms with Crippen LogP contribution < -0.4 is 5.32 Å². The third-order valence-corrected chi connectivity index (χ3v) is 5.11. The maximum atomic E-state index is 11.9. The van der Waals surface area contributed by atoms with Crippen molar-refractivity contribution in [3.05, 3.63) is 29.3 Å².